The van der Waals surface area contributed by atoms with Gasteiger partial charge in [-0.1, -0.05) is 67.8 Å². The molecule has 3 atom stereocenters. The highest BCUT2D eigenvalue weighted by Gasteiger charge is 2.42. The molecule has 1 N–H and O–H groups in total. The van der Waals surface area contributed by atoms with Crippen LogP contribution >= 0.6 is 11.3 Å². The van der Waals surface area contributed by atoms with E-state index in [2.05, 4.69) is 47.9 Å². The normalized spacial score (nSPS) is 22.6. The third-order valence-electron chi connectivity index (χ3n) is 10.1. The molecule has 2 aromatic carbocycles. The van der Waals surface area contributed by atoms with Crippen LogP contribution in [0, 0.1) is 18.8 Å². The number of aromatic nitrogens is 1. The van der Waals surface area contributed by atoms with Gasteiger partial charge in [-0.05, 0) is 80.6 Å². The van der Waals surface area contributed by atoms with Crippen LogP contribution < -0.4 is 0 Å². The fraction of sp³-hybridized carbons (Fsp3) is 0.556. The van der Waals surface area contributed by atoms with Gasteiger partial charge >= 0.3 is 12.1 Å². The Kier molecular flexibility index (Phi) is 9.69. The summed E-state index contributed by atoms with van der Waals surface area (Å²) in [4.78, 5) is 23.3. The molecule has 0 spiro atoms. The second-order valence-electron chi connectivity index (χ2n) is 13.5. The van der Waals surface area contributed by atoms with Gasteiger partial charge in [-0.3, -0.25) is 9.69 Å². The molecule has 242 valence electrons. The molecule has 0 amide bonds. The van der Waals surface area contributed by atoms with Crippen LogP contribution in [0.1, 0.15) is 88.7 Å². The highest BCUT2D eigenvalue weighted by molar-refractivity contribution is 7.11. The Hall–Kier alpha value is -2.75. The standard InChI is InChI=1S/C36H44F3N3O2S/c1-3-31-34(45-33(40-31)19-25-7-5-9-29(17-25)36(37,38)39)26-12-14-41(15-13-26)20-28-21-42(32(35(43)44)18-24-10-11-24)22-30(28)27-8-4-6-23(2)16-27/h4-9,16-17,24,26,28,30,32H,3,10-15,18-22H2,1-2H3,(H,43,44)/t28-,30+,32+/m0/s1. The number of aliphatic carboxylic acids is 1. The second kappa shape index (κ2) is 13.5. The summed E-state index contributed by atoms with van der Waals surface area (Å²) in [6, 6.07) is 13.9. The van der Waals surface area contributed by atoms with E-state index in [0.29, 0.717) is 35.7 Å². The lowest BCUT2D eigenvalue weighted by molar-refractivity contribution is -0.143. The molecule has 2 saturated heterocycles. The van der Waals surface area contributed by atoms with Crippen molar-refractivity contribution in [2.24, 2.45) is 11.8 Å². The summed E-state index contributed by atoms with van der Waals surface area (Å²) in [6.45, 7) is 8.76. The Morgan fingerprint density at radius 2 is 1.82 bits per heavy atom. The summed E-state index contributed by atoms with van der Waals surface area (Å²) >= 11 is 1.67. The molecule has 5 nitrogen and oxygen atoms in total. The molecule has 2 aliphatic heterocycles. The van der Waals surface area contributed by atoms with Gasteiger partial charge in [0.1, 0.15) is 6.04 Å². The zero-order valence-electron chi connectivity index (χ0n) is 26.2. The van der Waals surface area contributed by atoms with Crippen LogP contribution in [0.3, 0.4) is 0 Å². The average molecular weight is 640 g/mol. The third-order valence-corrected chi connectivity index (χ3v) is 11.3. The van der Waals surface area contributed by atoms with E-state index in [9.17, 15) is 23.1 Å². The molecule has 3 heterocycles. The highest BCUT2D eigenvalue weighted by Crippen LogP contribution is 2.41. The maximum atomic E-state index is 13.2. The molecule has 3 fully saturated rings. The number of likely N-dealkylation sites (tertiary alicyclic amines) is 2. The molecule has 1 saturated carbocycles. The minimum Gasteiger partial charge on any atom is -0.480 e. The molecule has 0 bridgehead atoms. The summed E-state index contributed by atoms with van der Waals surface area (Å²) in [7, 11) is 0. The number of carboxylic acids is 1. The number of hydrogen-bond donors (Lipinski definition) is 1. The largest absolute Gasteiger partial charge is 0.480 e. The minimum atomic E-state index is -4.35. The summed E-state index contributed by atoms with van der Waals surface area (Å²) in [6.07, 6.45) is 2.02. The number of carboxylic acid groups (broad SMARTS) is 1. The van der Waals surface area contributed by atoms with Crippen molar-refractivity contribution in [3.8, 4) is 0 Å². The van der Waals surface area contributed by atoms with Gasteiger partial charge in [0, 0.05) is 36.9 Å². The van der Waals surface area contributed by atoms with E-state index < -0.39 is 23.8 Å². The second-order valence-corrected chi connectivity index (χ2v) is 14.6. The number of nitrogens with zero attached hydrogens (tertiary/aromatic N) is 3. The van der Waals surface area contributed by atoms with Gasteiger partial charge in [-0.15, -0.1) is 11.3 Å². The molecule has 1 aliphatic carbocycles. The molecule has 3 aliphatic rings. The van der Waals surface area contributed by atoms with E-state index in [1.165, 1.54) is 28.1 Å². The summed E-state index contributed by atoms with van der Waals surface area (Å²) in [5.74, 6) is 0.974. The van der Waals surface area contributed by atoms with Crippen molar-refractivity contribution in [1.82, 2.24) is 14.8 Å². The van der Waals surface area contributed by atoms with Crippen molar-refractivity contribution in [3.05, 3.63) is 86.4 Å². The van der Waals surface area contributed by atoms with Crippen molar-refractivity contribution in [1.29, 1.82) is 0 Å². The quantitative estimate of drug-likeness (QED) is 0.232. The van der Waals surface area contributed by atoms with Crippen LogP contribution in [0.4, 0.5) is 13.2 Å². The number of alkyl halides is 3. The number of piperidine rings is 1. The predicted octanol–water partition coefficient (Wildman–Crippen LogP) is 7.77. The number of rotatable bonds is 11. The molecule has 6 rings (SSSR count). The Balaban J connectivity index is 1.11. The Morgan fingerprint density at radius 1 is 1.07 bits per heavy atom. The van der Waals surface area contributed by atoms with Crippen LogP contribution in [-0.2, 0) is 23.8 Å². The van der Waals surface area contributed by atoms with Gasteiger partial charge in [0.15, 0.2) is 0 Å². The van der Waals surface area contributed by atoms with Gasteiger partial charge < -0.3 is 10.0 Å². The van der Waals surface area contributed by atoms with Gasteiger partial charge in [-0.25, -0.2) is 4.98 Å². The lowest BCUT2D eigenvalue weighted by Gasteiger charge is -2.34. The Labute approximate surface area is 268 Å². The SMILES string of the molecule is CCc1nc(Cc2cccc(C(F)(F)F)c2)sc1C1CCN(C[C@H]2CN([C@H](CC3CC3)C(=O)O)C[C@@H]2c2cccc(C)c2)CC1. The first-order valence-electron chi connectivity index (χ1n) is 16.5. The molecule has 1 aromatic heterocycles. The summed E-state index contributed by atoms with van der Waals surface area (Å²) in [5, 5.41) is 11.0. The third kappa shape index (κ3) is 7.80. The topological polar surface area (TPSA) is 56.7 Å². The van der Waals surface area contributed by atoms with Crippen molar-refractivity contribution in [2.45, 2.75) is 82.8 Å². The van der Waals surface area contributed by atoms with Crippen LogP contribution in [0.2, 0.25) is 0 Å². The zero-order valence-corrected chi connectivity index (χ0v) is 27.0. The smallest absolute Gasteiger partial charge is 0.416 e. The van der Waals surface area contributed by atoms with E-state index in [0.717, 1.165) is 88.0 Å². The molecule has 9 heteroatoms. The maximum absolute atomic E-state index is 13.2. The molecule has 45 heavy (non-hydrogen) atoms. The lowest BCUT2D eigenvalue weighted by Crippen LogP contribution is -2.41. The summed E-state index contributed by atoms with van der Waals surface area (Å²) in [5.41, 5.74) is 3.66. The van der Waals surface area contributed by atoms with Crippen molar-refractivity contribution in [2.75, 3.05) is 32.7 Å². The Bertz CT molecular complexity index is 1480. The van der Waals surface area contributed by atoms with E-state index in [-0.39, 0.29) is 0 Å². The Morgan fingerprint density at radius 3 is 2.49 bits per heavy atom. The van der Waals surface area contributed by atoms with Gasteiger partial charge in [0.2, 0.25) is 0 Å². The number of benzene rings is 2. The van der Waals surface area contributed by atoms with Crippen LogP contribution in [0.5, 0.6) is 0 Å². The lowest BCUT2D eigenvalue weighted by atomic mass is 9.86. The maximum Gasteiger partial charge on any atom is 0.416 e. The van der Waals surface area contributed by atoms with Gasteiger partial charge in [-0.2, -0.15) is 13.2 Å². The zero-order chi connectivity index (χ0) is 31.7. The van der Waals surface area contributed by atoms with Crippen LogP contribution in [-0.4, -0.2) is 64.6 Å². The number of thiazole rings is 1. The van der Waals surface area contributed by atoms with Crippen LogP contribution in [0.15, 0.2) is 48.5 Å². The minimum absolute atomic E-state index is 0.315. The van der Waals surface area contributed by atoms with Gasteiger partial charge in [0.25, 0.3) is 0 Å². The highest BCUT2D eigenvalue weighted by atomic mass is 32.1. The predicted molar refractivity (Wildman–Crippen MR) is 172 cm³/mol. The molecular weight excluding hydrogens is 595 g/mol. The molecular formula is C36H44F3N3O2S. The average Bonchev–Trinajstić information content (AvgIpc) is 3.60. The van der Waals surface area contributed by atoms with Crippen molar-refractivity contribution >= 4 is 17.3 Å². The fourth-order valence-corrected chi connectivity index (χ4v) is 8.86. The van der Waals surface area contributed by atoms with E-state index in [1.807, 2.05) is 0 Å². The first-order chi connectivity index (χ1) is 21.6. The number of halogens is 3. The van der Waals surface area contributed by atoms with Crippen molar-refractivity contribution < 1.29 is 23.1 Å². The van der Waals surface area contributed by atoms with Crippen LogP contribution in [0.25, 0.3) is 0 Å². The monoisotopic (exact) mass is 639 g/mol. The van der Waals surface area contributed by atoms with E-state index in [1.54, 1.807) is 17.4 Å². The van der Waals surface area contributed by atoms with E-state index in [4.69, 9.17) is 4.98 Å². The number of carbonyl (C=O) groups is 1. The molecule has 0 unspecified atom stereocenters. The summed E-state index contributed by atoms with van der Waals surface area (Å²) < 4.78 is 39.7. The van der Waals surface area contributed by atoms with E-state index >= 15 is 0 Å². The first-order valence-corrected chi connectivity index (χ1v) is 17.3. The first kappa shape index (κ1) is 32.2. The molecule has 3 aromatic rings. The number of aryl methyl sites for hydroxylation is 2. The van der Waals surface area contributed by atoms with Gasteiger partial charge in [0.05, 0.1) is 16.3 Å². The fourth-order valence-electron chi connectivity index (χ4n) is 7.50. The number of hydrogen-bond acceptors (Lipinski definition) is 5. The molecule has 0 radical (unpaired) electrons. The van der Waals surface area contributed by atoms with Crippen molar-refractivity contribution in [3.63, 3.8) is 0 Å².